The van der Waals surface area contributed by atoms with Crippen LogP contribution in [0, 0.1) is 0 Å². The van der Waals surface area contributed by atoms with Gasteiger partial charge in [0, 0.05) is 17.0 Å². The monoisotopic (exact) mass is 341 g/mol. The van der Waals surface area contributed by atoms with Gasteiger partial charge in [-0.2, -0.15) is 18.3 Å². The number of rotatable bonds is 2. The van der Waals surface area contributed by atoms with Crippen molar-refractivity contribution in [2.24, 2.45) is 0 Å². The first-order valence-electron chi connectivity index (χ1n) is 6.26. The first-order valence-corrected chi connectivity index (χ1v) is 6.64. The first-order chi connectivity index (χ1) is 10.8. The summed E-state index contributed by atoms with van der Waals surface area (Å²) in [6, 6.07) is 5.72. The lowest BCUT2D eigenvalue weighted by Crippen LogP contribution is -2.17. The molecule has 0 unspecified atom stereocenters. The van der Waals surface area contributed by atoms with Crippen molar-refractivity contribution >= 4 is 27.6 Å². The molecule has 0 bridgehead atoms. The molecule has 2 aromatic heterocycles. The van der Waals surface area contributed by atoms with Crippen molar-refractivity contribution < 1.29 is 18.0 Å². The van der Waals surface area contributed by atoms with Gasteiger partial charge >= 0.3 is 6.18 Å². The standard InChI is InChI=1S/C14H7ClF3N3O2/c15-12(22)9-6-20-21(11(9)14(16,17)18)10-3-1-2-8-7(10)4-5-19-13(8)23/h1-6H,(H,19,23). The van der Waals surface area contributed by atoms with E-state index in [0.717, 1.165) is 6.20 Å². The summed E-state index contributed by atoms with van der Waals surface area (Å²) in [5, 5.41) is 2.83. The summed E-state index contributed by atoms with van der Waals surface area (Å²) in [4.78, 5) is 25.4. The van der Waals surface area contributed by atoms with Crippen LogP contribution in [-0.4, -0.2) is 20.0 Å². The third-order valence-electron chi connectivity index (χ3n) is 3.27. The van der Waals surface area contributed by atoms with E-state index in [2.05, 4.69) is 10.1 Å². The molecule has 0 aliphatic rings. The normalized spacial score (nSPS) is 11.8. The molecule has 0 spiro atoms. The van der Waals surface area contributed by atoms with Crippen molar-refractivity contribution in [3.63, 3.8) is 0 Å². The van der Waals surface area contributed by atoms with Crippen LogP contribution in [0.3, 0.4) is 0 Å². The minimum absolute atomic E-state index is 0.0186. The van der Waals surface area contributed by atoms with E-state index in [-0.39, 0.29) is 16.5 Å². The number of fused-ring (bicyclic) bond motifs is 1. The lowest BCUT2D eigenvalue weighted by molar-refractivity contribution is -0.143. The van der Waals surface area contributed by atoms with E-state index in [0.29, 0.717) is 4.68 Å². The van der Waals surface area contributed by atoms with Gasteiger partial charge in [-0.1, -0.05) is 6.07 Å². The summed E-state index contributed by atoms with van der Waals surface area (Å²) in [5.41, 5.74) is -2.46. The summed E-state index contributed by atoms with van der Waals surface area (Å²) in [6.07, 6.45) is -2.78. The van der Waals surface area contributed by atoms with Crippen LogP contribution in [0.2, 0.25) is 0 Å². The number of carbonyl (C=O) groups excluding carboxylic acids is 1. The third kappa shape index (κ3) is 2.50. The van der Waals surface area contributed by atoms with Crippen LogP contribution in [0.4, 0.5) is 13.2 Å². The molecule has 0 atom stereocenters. The van der Waals surface area contributed by atoms with Gasteiger partial charge in [0.15, 0.2) is 5.69 Å². The third-order valence-corrected chi connectivity index (χ3v) is 3.47. The molecule has 0 radical (unpaired) electrons. The Hall–Kier alpha value is -2.61. The van der Waals surface area contributed by atoms with E-state index in [1.54, 1.807) is 0 Å². The Kier molecular flexibility index (Phi) is 3.48. The molecule has 0 amide bonds. The molecule has 0 fully saturated rings. The molecule has 1 aromatic carbocycles. The lowest BCUT2D eigenvalue weighted by atomic mass is 10.1. The number of hydrogen-bond acceptors (Lipinski definition) is 3. The summed E-state index contributed by atoms with van der Waals surface area (Å²) in [5.74, 6) is 0. The molecule has 0 aliphatic carbocycles. The van der Waals surface area contributed by atoms with Gasteiger partial charge in [-0.05, 0) is 29.8 Å². The highest BCUT2D eigenvalue weighted by Gasteiger charge is 2.40. The number of nitrogens with one attached hydrogen (secondary N) is 1. The second-order valence-electron chi connectivity index (χ2n) is 4.64. The fraction of sp³-hybridized carbons (Fsp3) is 0.0714. The largest absolute Gasteiger partial charge is 0.434 e. The Morgan fingerprint density at radius 3 is 2.61 bits per heavy atom. The molecule has 3 aromatic rings. The Balaban J connectivity index is 2.39. The maximum atomic E-state index is 13.3. The molecule has 0 saturated carbocycles. The zero-order valence-electron chi connectivity index (χ0n) is 11.2. The van der Waals surface area contributed by atoms with Crippen LogP contribution in [0.15, 0.2) is 41.5 Å². The Morgan fingerprint density at radius 1 is 1.22 bits per heavy atom. The van der Waals surface area contributed by atoms with Crippen molar-refractivity contribution in [2.75, 3.05) is 0 Å². The van der Waals surface area contributed by atoms with Crippen molar-refractivity contribution in [1.29, 1.82) is 0 Å². The van der Waals surface area contributed by atoms with E-state index >= 15 is 0 Å². The van der Waals surface area contributed by atoms with E-state index in [4.69, 9.17) is 11.6 Å². The Labute approximate surface area is 131 Å². The number of nitrogens with zero attached hydrogens (tertiary/aromatic N) is 2. The lowest BCUT2D eigenvalue weighted by Gasteiger charge is -2.13. The average molecular weight is 342 g/mol. The molecule has 3 rings (SSSR count). The topological polar surface area (TPSA) is 67.8 Å². The molecule has 5 nitrogen and oxygen atoms in total. The maximum Gasteiger partial charge on any atom is 0.434 e. The summed E-state index contributed by atoms with van der Waals surface area (Å²) < 4.78 is 40.6. The van der Waals surface area contributed by atoms with Gasteiger partial charge in [-0.15, -0.1) is 0 Å². The number of carbonyl (C=O) groups is 1. The van der Waals surface area contributed by atoms with Crippen LogP contribution in [0.1, 0.15) is 16.1 Å². The van der Waals surface area contributed by atoms with Gasteiger partial charge in [0.1, 0.15) is 0 Å². The van der Waals surface area contributed by atoms with Gasteiger partial charge < -0.3 is 4.98 Å². The van der Waals surface area contributed by atoms with Gasteiger partial charge in [0.25, 0.3) is 10.8 Å². The molecule has 1 N–H and O–H groups in total. The zero-order chi connectivity index (χ0) is 16.8. The molecule has 118 valence electrons. The van der Waals surface area contributed by atoms with Crippen molar-refractivity contribution in [3.8, 4) is 5.69 Å². The number of benzene rings is 1. The van der Waals surface area contributed by atoms with Gasteiger partial charge in [0.05, 0.1) is 17.4 Å². The fourth-order valence-electron chi connectivity index (χ4n) is 2.34. The van der Waals surface area contributed by atoms with Gasteiger partial charge in [-0.3, -0.25) is 9.59 Å². The number of H-pyrrole nitrogens is 1. The van der Waals surface area contributed by atoms with Crippen LogP contribution in [0.25, 0.3) is 16.5 Å². The highest BCUT2D eigenvalue weighted by atomic mass is 35.5. The SMILES string of the molecule is O=C(Cl)c1cnn(-c2cccc3c(=O)[nH]ccc23)c1C(F)(F)F. The summed E-state index contributed by atoms with van der Waals surface area (Å²) in [6.45, 7) is 0. The Bertz CT molecular complexity index is 975. The maximum absolute atomic E-state index is 13.3. The van der Waals surface area contributed by atoms with E-state index in [1.807, 2.05) is 0 Å². The van der Waals surface area contributed by atoms with Gasteiger partial charge in [-0.25, -0.2) is 4.68 Å². The highest BCUT2D eigenvalue weighted by molar-refractivity contribution is 6.67. The molecule has 2 heterocycles. The van der Waals surface area contributed by atoms with Crippen molar-refractivity contribution in [1.82, 2.24) is 14.8 Å². The minimum Gasteiger partial charge on any atom is -0.329 e. The smallest absolute Gasteiger partial charge is 0.329 e. The predicted molar refractivity (Wildman–Crippen MR) is 76.9 cm³/mol. The number of hydrogen-bond donors (Lipinski definition) is 1. The number of halogens is 4. The molecular formula is C14H7ClF3N3O2. The van der Waals surface area contributed by atoms with Crippen LogP contribution >= 0.6 is 11.6 Å². The van der Waals surface area contributed by atoms with Crippen LogP contribution in [-0.2, 0) is 6.18 Å². The van der Waals surface area contributed by atoms with Crippen molar-refractivity contribution in [3.05, 3.63) is 58.3 Å². The molecule has 0 aliphatic heterocycles. The number of aromatic amines is 1. The zero-order valence-corrected chi connectivity index (χ0v) is 11.9. The second kappa shape index (κ2) is 5.24. The number of alkyl halides is 3. The predicted octanol–water partition coefficient (Wildman–Crippen LogP) is 3.11. The van der Waals surface area contributed by atoms with E-state index in [1.165, 1.54) is 30.5 Å². The highest BCUT2D eigenvalue weighted by Crippen LogP contribution is 2.35. The average Bonchev–Trinajstić information content (AvgIpc) is 2.92. The Morgan fingerprint density at radius 2 is 1.96 bits per heavy atom. The van der Waals surface area contributed by atoms with Crippen LogP contribution in [0.5, 0.6) is 0 Å². The molecule has 9 heteroatoms. The quantitative estimate of drug-likeness (QED) is 0.728. The van der Waals surface area contributed by atoms with Crippen molar-refractivity contribution in [2.45, 2.75) is 6.18 Å². The number of aromatic nitrogens is 3. The number of pyridine rings is 1. The summed E-state index contributed by atoms with van der Waals surface area (Å²) in [7, 11) is 0. The fourth-order valence-corrected chi connectivity index (χ4v) is 2.48. The van der Waals surface area contributed by atoms with Gasteiger partial charge in [0.2, 0.25) is 0 Å². The summed E-state index contributed by atoms with van der Waals surface area (Å²) >= 11 is 5.21. The van der Waals surface area contributed by atoms with Crippen LogP contribution < -0.4 is 5.56 Å². The molecular weight excluding hydrogens is 335 g/mol. The van der Waals surface area contributed by atoms with E-state index in [9.17, 15) is 22.8 Å². The van der Waals surface area contributed by atoms with E-state index < -0.39 is 28.2 Å². The molecule has 23 heavy (non-hydrogen) atoms. The minimum atomic E-state index is -4.85. The first kappa shape index (κ1) is 15.3. The molecule has 0 saturated heterocycles. The second-order valence-corrected chi connectivity index (χ2v) is 4.98.